The average molecular weight is 309 g/mol. The first-order valence-corrected chi connectivity index (χ1v) is 8.45. The fraction of sp³-hybridized carbons (Fsp3) is 0.625. The predicted molar refractivity (Wildman–Crippen MR) is 83.8 cm³/mol. The lowest BCUT2D eigenvalue weighted by molar-refractivity contribution is -0.141. The molecule has 1 aromatic rings. The number of esters is 1. The molecular weight excluding hydrogens is 286 g/mol. The third-order valence-electron chi connectivity index (χ3n) is 3.79. The number of carbonyl (C=O) groups is 2. The second-order valence-electron chi connectivity index (χ2n) is 5.42. The molecule has 0 spiro atoms. The average Bonchev–Trinajstić information content (AvgIpc) is 2.77. The standard InChI is InChI=1S/C16H23NO3S/c1-3-9-17(11-15(18)20-2)16(19)14-10-12-7-5-4-6-8-13(12)21-14/h10H,3-9,11H2,1-2H3. The second-order valence-corrected chi connectivity index (χ2v) is 6.56. The van der Waals surface area contributed by atoms with Crippen LogP contribution >= 0.6 is 11.3 Å². The molecule has 0 radical (unpaired) electrons. The summed E-state index contributed by atoms with van der Waals surface area (Å²) in [6.45, 7) is 2.61. The number of aryl methyl sites for hydroxylation is 2. The molecule has 116 valence electrons. The van der Waals surface area contributed by atoms with Crippen molar-refractivity contribution in [2.75, 3.05) is 20.2 Å². The van der Waals surface area contributed by atoms with Gasteiger partial charge in [0.15, 0.2) is 0 Å². The molecule has 1 aromatic heterocycles. The maximum Gasteiger partial charge on any atom is 0.325 e. The van der Waals surface area contributed by atoms with E-state index in [1.807, 2.05) is 13.0 Å². The van der Waals surface area contributed by atoms with Gasteiger partial charge >= 0.3 is 5.97 Å². The molecule has 0 aromatic carbocycles. The minimum atomic E-state index is -0.366. The molecule has 21 heavy (non-hydrogen) atoms. The van der Waals surface area contributed by atoms with Crippen molar-refractivity contribution in [3.8, 4) is 0 Å². The van der Waals surface area contributed by atoms with E-state index < -0.39 is 0 Å². The van der Waals surface area contributed by atoms with E-state index in [1.165, 1.54) is 36.8 Å². The van der Waals surface area contributed by atoms with E-state index in [4.69, 9.17) is 0 Å². The predicted octanol–water partition coefficient (Wildman–Crippen LogP) is 3.04. The minimum absolute atomic E-state index is 0.0335. The summed E-state index contributed by atoms with van der Waals surface area (Å²) in [6, 6.07) is 2.04. The quantitative estimate of drug-likeness (QED) is 0.620. The van der Waals surface area contributed by atoms with E-state index >= 15 is 0 Å². The van der Waals surface area contributed by atoms with Gasteiger partial charge in [-0.15, -0.1) is 11.3 Å². The van der Waals surface area contributed by atoms with Gasteiger partial charge in [-0.3, -0.25) is 9.59 Å². The van der Waals surface area contributed by atoms with E-state index in [0.29, 0.717) is 6.54 Å². The summed E-state index contributed by atoms with van der Waals surface area (Å²) in [5, 5.41) is 0. The fourth-order valence-electron chi connectivity index (χ4n) is 2.67. The van der Waals surface area contributed by atoms with Crippen molar-refractivity contribution >= 4 is 23.2 Å². The van der Waals surface area contributed by atoms with Crippen LogP contribution in [0.25, 0.3) is 0 Å². The van der Waals surface area contributed by atoms with Crippen LogP contribution in [-0.4, -0.2) is 37.0 Å². The fourth-order valence-corrected chi connectivity index (χ4v) is 3.89. The normalized spacial score (nSPS) is 14.2. The van der Waals surface area contributed by atoms with Crippen LogP contribution in [-0.2, 0) is 22.4 Å². The van der Waals surface area contributed by atoms with Crippen molar-refractivity contribution in [1.29, 1.82) is 0 Å². The molecule has 0 saturated carbocycles. The Morgan fingerprint density at radius 2 is 2.05 bits per heavy atom. The smallest absolute Gasteiger partial charge is 0.325 e. The van der Waals surface area contributed by atoms with Gasteiger partial charge in [0.25, 0.3) is 5.91 Å². The number of thiophene rings is 1. The summed E-state index contributed by atoms with van der Waals surface area (Å²) in [6.07, 6.45) is 6.67. The maximum absolute atomic E-state index is 12.6. The van der Waals surface area contributed by atoms with Crippen LogP contribution in [0.1, 0.15) is 52.7 Å². The highest BCUT2D eigenvalue weighted by atomic mass is 32.1. The van der Waals surface area contributed by atoms with Gasteiger partial charge in [-0.25, -0.2) is 0 Å². The molecule has 4 nitrogen and oxygen atoms in total. The summed E-state index contributed by atoms with van der Waals surface area (Å²) in [5.41, 5.74) is 1.33. The topological polar surface area (TPSA) is 46.6 Å². The molecule has 0 N–H and O–H groups in total. The Morgan fingerprint density at radius 1 is 1.29 bits per heavy atom. The van der Waals surface area contributed by atoms with Crippen LogP contribution in [0.3, 0.4) is 0 Å². The van der Waals surface area contributed by atoms with Gasteiger partial charge in [-0.05, 0) is 43.7 Å². The van der Waals surface area contributed by atoms with Gasteiger partial charge in [0.1, 0.15) is 6.54 Å². The highest BCUT2D eigenvalue weighted by Gasteiger charge is 2.22. The highest BCUT2D eigenvalue weighted by Crippen LogP contribution is 2.29. The number of hydrogen-bond donors (Lipinski definition) is 0. The van der Waals surface area contributed by atoms with Crippen molar-refractivity contribution < 1.29 is 14.3 Å². The molecule has 5 heteroatoms. The largest absolute Gasteiger partial charge is 0.468 e. The highest BCUT2D eigenvalue weighted by molar-refractivity contribution is 7.14. The van der Waals surface area contributed by atoms with Gasteiger partial charge in [-0.1, -0.05) is 13.3 Å². The SMILES string of the molecule is CCCN(CC(=O)OC)C(=O)c1cc2c(s1)CCCCC2. The first-order chi connectivity index (χ1) is 10.2. The molecule has 1 aliphatic carbocycles. The Morgan fingerprint density at radius 3 is 2.76 bits per heavy atom. The Kier molecular flexibility index (Phi) is 5.79. The van der Waals surface area contributed by atoms with Crippen LogP contribution in [0.2, 0.25) is 0 Å². The molecule has 0 saturated heterocycles. The van der Waals surface area contributed by atoms with Gasteiger partial charge in [0.2, 0.25) is 0 Å². The molecule has 0 atom stereocenters. The zero-order valence-corrected chi connectivity index (χ0v) is 13.6. The Labute approximate surface area is 130 Å². The third kappa shape index (κ3) is 4.06. The zero-order chi connectivity index (χ0) is 15.2. The second kappa shape index (κ2) is 7.59. The van der Waals surface area contributed by atoms with Crippen LogP contribution in [0.15, 0.2) is 6.07 Å². The first kappa shape index (κ1) is 16.0. The number of fused-ring (bicyclic) bond motifs is 1. The lowest BCUT2D eigenvalue weighted by atomic mass is 10.1. The van der Waals surface area contributed by atoms with E-state index in [-0.39, 0.29) is 18.4 Å². The summed E-state index contributed by atoms with van der Waals surface area (Å²) in [5.74, 6) is -0.407. The summed E-state index contributed by atoms with van der Waals surface area (Å²) >= 11 is 1.60. The van der Waals surface area contributed by atoms with Crippen LogP contribution in [0, 0.1) is 0 Å². The lowest BCUT2D eigenvalue weighted by Crippen LogP contribution is -2.36. The number of hydrogen-bond acceptors (Lipinski definition) is 4. The number of rotatable bonds is 5. The summed E-state index contributed by atoms with van der Waals surface area (Å²) < 4.78 is 4.68. The summed E-state index contributed by atoms with van der Waals surface area (Å²) in [7, 11) is 1.35. The number of methoxy groups -OCH3 is 1. The molecular formula is C16H23NO3S. The Hall–Kier alpha value is -1.36. The number of ether oxygens (including phenoxy) is 1. The molecule has 2 rings (SSSR count). The number of carbonyl (C=O) groups excluding carboxylic acids is 2. The Bertz CT molecular complexity index is 486. The van der Waals surface area contributed by atoms with Crippen molar-refractivity contribution in [2.24, 2.45) is 0 Å². The van der Waals surface area contributed by atoms with Gasteiger partial charge < -0.3 is 9.64 Å². The molecule has 0 aliphatic heterocycles. The summed E-state index contributed by atoms with van der Waals surface area (Å²) in [4.78, 5) is 27.8. The third-order valence-corrected chi connectivity index (χ3v) is 5.01. The molecule has 0 fully saturated rings. The zero-order valence-electron chi connectivity index (χ0n) is 12.8. The van der Waals surface area contributed by atoms with Crippen molar-refractivity contribution in [1.82, 2.24) is 4.90 Å². The molecule has 1 heterocycles. The molecule has 0 bridgehead atoms. The van der Waals surface area contributed by atoms with Crippen molar-refractivity contribution in [2.45, 2.75) is 45.4 Å². The van der Waals surface area contributed by atoms with E-state index in [9.17, 15) is 9.59 Å². The molecule has 1 amide bonds. The van der Waals surface area contributed by atoms with Crippen molar-refractivity contribution in [3.05, 3.63) is 21.4 Å². The number of amides is 1. The van der Waals surface area contributed by atoms with E-state index in [1.54, 1.807) is 16.2 Å². The van der Waals surface area contributed by atoms with Crippen LogP contribution < -0.4 is 0 Å². The van der Waals surface area contributed by atoms with E-state index in [2.05, 4.69) is 4.74 Å². The van der Waals surface area contributed by atoms with Gasteiger partial charge in [0, 0.05) is 11.4 Å². The minimum Gasteiger partial charge on any atom is -0.468 e. The van der Waals surface area contributed by atoms with E-state index in [0.717, 1.165) is 24.1 Å². The van der Waals surface area contributed by atoms with Gasteiger partial charge in [-0.2, -0.15) is 0 Å². The van der Waals surface area contributed by atoms with Crippen molar-refractivity contribution in [3.63, 3.8) is 0 Å². The number of nitrogens with zero attached hydrogens (tertiary/aromatic N) is 1. The maximum atomic E-state index is 12.6. The van der Waals surface area contributed by atoms with Crippen LogP contribution in [0.4, 0.5) is 0 Å². The molecule has 1 aliphatic rings. The monoisotopic (exact) mass is 309 g/mol. The lowest BCUT2D eigenvalue weighted by Gasteiger charge is -2.19. The van der Waals surface area contributed by atoms with Crippen LogP contribution in [0.5, 0.6) is 0 Å². The first-order valence-electron chi connectivity index (χ1n) is 7.63. The Balaban J connectivity index is 2.14. The van der Waals surface area contributed by atoms with Gasteiger partial charge in [0.05, 0.1) is 12.0 Å². The molecule has 0 unspecified atom stereocenters.